The maximum atomic E-state index is 13.4. The van der Waals surface area contributed by atoms with Gasteiger partial charge >= 0.3 is 51.4 Å². The van der Waals surface area contributed by atoms with Gasteiger partial charge in [0.05, 0.1) is 5.69 Å². The van der Waals surface area contributed by atoms with E-state index in [9.17, 15) is 19.8 Å². The molecule has 1 N–H and O–H groups in total. The van der Waals surface area contributed by atoms with E-state index in [1.807, 2.05) is 30.3 Å². The van der Waals surface area contributed by atoms with Crippen LogP contribution in [0.15, 0.2) is 42.5 Å². The van der Waals surface area contributed by atoms with Gasteiger partial charge in [-0.1, -0.05) is 37.6 Å². The second kappa shape index (κ2) is 11.8. The molecule has 0 radical (unpaired) electrons. The fraction of sp³-hybridized carbons (Fsp3) is 0.333. The quantitative estimate of drug-likeness (QED) is 0.463. The third-order valence-corrected chi connectivity index (χ3v) is 5.11. The number of fused-ring (bicyclic) bond motifs is 1. The summed E-state index contributed by atoms with van der Waals surface area (Å²) in [5.41, 5.74) is 4.36. The molecule has 0 saturated carbocycles. The molecule has 30 heavy (non-hydrogen) atoms. The second-order valence-corrected chi connectivity index (χ2v) is 7.38. The number of allylic oxidation sites excluding steroid dienone is 1. The zero-order valence-electron chi connectivity index (χ0n) is 17.7. The Morgan fingerprint density at radius 3 is 2.70 bits per heavy atom. The molecule has 1 amide bonds. The van der Waals surface area contributed by atoms with Gasteiger partial charge < -0.3 is 19.9 Å². The van der Waals surface area contributed by atoms with E-state index < -0.39 is 5.97 Å². The number of carbonyl (C=O) groups excluding carboxylic acids is 2. The van der Waals surface area contributed by atoms with Crippen molar-refractivity contribution < 1.29 is 71.2 Å². The van der Waals surface area contributed by atoms with Crippen LogP contribution < -0.4 is 61.4 Å². The number of carboxylic acid groups (broad SMARTS) is 1. The standard InChI is InChI=1S/C24H27NO4.K/c1-2-7-17-14-19(16-20(26)15-17)24(29)25(13-4-3-12-23(27)28)22-11-6-9-18-8-5-10-21(18)22;/h5-6,9-11,14-16,26H,2-4,7-8,12-13H2,1H3,(H,27,28);/q;+1/p-1. The van der Waals surface area contributed by atoms with Gasteiger partial charge in [-0.25, -0.2) is 0 Å². The van der Waals surface area contributed by atoms with Gasteiger partial charge in [-0.05, 0) is 67.5 Å². The molecule has 2 aromatic carbocycles. The number of unbranched alkanes of at least 4 members (excludes halogenated alkanes) is 1. The Kier molecular flexibility index (Phi) is 9.78. The number of aromatic hydroxyl groups is 1. The predicted octanol–water partition coefficient (Wildman–Crippen LogP) is 0.485. The van der Waals surface area contributed by atoms with Crippen molar-refractivity contribution in [2.75, 3.05) is 11.4 Å². The van der Waals surface area contributed by atoms with E-state index in [-0.39, 0.29) is 69.5 Å². The molecule has 2 aromatic rings. The largest absolute Gasteiger partial charge is 1.00 e. The van der Waals surface area contributed by atoms with E-state index in [2.05, 4.69) is 13.0 Å². The summed E-state index contributed by atoms with van der Waals surface area (Å²) in [4.78, 5) is 25.9. The maximum absolute atomic E-state index is 13.4. The molecule has 0 spiro atoms. The maximum Gasteiger partial charge on any atom is 1.00 e. The Bertz CT molecular complexity index is 939. The van der Waals surface area contributed by atoms with Gasteiger partial charge in [0.15, 0.2) is 0 Å². The van der Waals surface area contributed by atoms with E-state index in [4.69, 9.17) is 0 Å². The molecule has 1 aliphatic rings. The minimum absolute atomic E-state index is 0. The molecular weight excluding hydrogens is 405 g/mol. The van der Waals surface area contributed by atoms with E-state index >= 15 is 0 Å². The first-order valence-electron chi connectivity index (χ1n) is 10.1. The number of phenolic OH excluding ortho intramolecular Hbond substituents is 1. The summed E-state index contributed by atoms with van der Waals surface area (Å²) in [5.74, 6) is -1.20. The molecule has 0 heterocycles. The molecule has 0 fully saturated rings. The molecule has 6 heteroatoms. The number of aliphatic carboxylic acids is 1. The third kappa shape index (κ3) is 6.28. The predicted molar refractivity (Wildman–Crippen MR) is 112 cm³/mol. The summed E-state index contributed by atoms with van der Waals surface area (Å²) in [6.07, 6.45) is 7.60. The van der Waals surface area contributed by atoms with Gasteiger partial charge in [0.1, 0.15) is 5.75 Å². The van der Waals surface area contributed by atoms with Crippen LogP contribution in [0.4, 0.5) is 5.69 Å². The number of benzene rings is 2. The van der Waals surface area contributed by atoms with Crippen LogP contribution in [0.1, 0.15) is 59.7 Å². The zero-order valence-corrected chi connectivity index (χ0v) is 20.8. The molecule has 0 aliphatic heterocycles. The number of phenols is 1. The van der Waals surface area contributed by atoms with Gasteiger partial charge in [0, 0.05) is 23.6 Å². The summed E-state index contributed by atoms with van der Waals surface area (Å²) in [5, 5.41) is 20.8. The summed E-state index contributed by atoms with van der Waals surface area (Å²) in [6.45, 7) is 2.45. The normalized spacial score (nSPS) is 11.6. The second-order valence-electron chi connectivity index (χ2n) is 7.38. The van der Waals surface area contributed by atoms with Crippen molar-refractivity contribution in [2.24, 2.45) is 0 Å². The molecular formula is C24H26KNO4. The van der Waals surface area contributed by atoms with Crippen molar-refractivity contribution in [3.05, 3.63) is 64.7 Å². The van der Waals surface area contributed by atoms with Crippen molar-refractivity contribution in [2.45, 2.75) is 45.4 Å². The zero-order chi connectivity index (χ0) is 20.8. The van der Waals surface area contributed by atoms with Gasteiger partial charge in [0.25, 0.3) is 5.91 Å². The molecule has 3 rings (SSSR count). The summed E-state index contributed by atoms with van der Waals surface area (Å²) in [7, 11) is 0. The van der Waals surface area contributed by atoms with Crippen LogP contribution in [0.3, 0.4) is 0 Å². The smallest absolute Gasteiger partial charge is 0.550 e. The topological polar surface area (TPSA) is 80.7 Å². The number of amides is 1. The van der Waals surface area contributed by atoms with Crippen LogP contribution in [0.5, 0.6) is 5.75 Å². The first-order valence-corrected chi connectivity index (χ1v) is 10.1. The van der Waals surface area contributed by atoms with Crippen LogP contribution in [-0.2, 0) is 17.6 Å². The number of carbonyl (C=O) groups is 2. The van der Waals surface area contributed by atoms with Gasteiger partial charge in [-0.3, -0.25) is 4.79 Å². The van der Waals surface area contributed by atoms with Crippen LogP contribution in [-0.4, -0.2) is 23.5 Å². The summed E-state index contributed by atoms with van der Waals surface area (Å²) < 4.78 is 0. The molecule has 1 aliphatic carbocycles. The Balaban J connectivity index is 0.00000320. The van der Waals surface area contributed by atoms with Crippen molar-refractivity contribution in [1.82, 2.24) is 0 Å². The molecule has 0 bridgehead atoms. The number of hydrogen-bond acceptors (Lipinski definition) is 4. The number of nitrogens with zero attached hydrogens (tertiary/aromatic N) is 1. The van der Waals surface area contributed by atoms with Crippen molar-refractivity contribution in [1.29, 1.82) is 0 Å². The summed E-state index contributed by atoms with van der Waals surface area (Å²) >= 11 is 0. The number of anilines is 1. The van der Waals surface area contributed by atoms with E-state index in [1.54, 1.807) is 11.0 Å². The average molecular weight is 432 g/mol. The van der Waals surface area contributed by atoms with Gasteiger partial charge in [-0.2, -0.15) is 0 Å². The van der Waals surface area contributed by atoms with E-state index in [0.717, 1.165) is 41.6 Å². The minimum atomic E-state index is -1.08. The molecule has 152 valence electrons. The molecule has 0 atom stereocenters. The first-order chi connectivity index (χ1) is 14.0. The Morgan fingerprint density at radius 1 is 1.17 bits per heavy atom. The van der Waals surface area contributed by atoms with Gasteiger partial charge in [0.2, 0.25) is 0 Å². The molecule has 0 aromatic heterocycles. The fourth-order valence-electron chi connectivity index (χ4n) is 3.77. The van der Waals surface area contributed by atoms with Crippen molar-refractivity contribution >= 4 is 23.6 Å². The fourth-order valence-corrected chi connectivity index (χ4v) is 3.77. The summed E-state index contributed by atoms with van der Waals surface area (Å²) in [6, 6.07) is 10.9. The SMILES string of the molecule is CCCc1cc(O)cc(C(=O)N(CCCCC(=O)[O-])c2cccc3c2C=CC3)c1.[K+]. The number of aryl methyl sites for hydroxylation is 1. The van der Waals surface area contributed by atoms with Crippen LogP contribution in [0.2, 0.25) is 0 Å². The number of hydrogen-bond donors (Lipinski definition) is 1. The van der Waals surface area contributed by atoms with E-state index in [0.29, 0.717) is 24.9 Å². The monoisotopic (exact) mass is 431 g/mol. The third-order valence-electron chi connectivity index (χ3n) is 5.11. The van der Waals surface area contributed by atoms with E-state index in [1.165, 1.54) is 6.07 Å². The molecule has 0 saturated heterocycles. The first kappa shape index (κ1) is 24.8. The van der Waals surface area contributed by atoms with Crippen LogP contribution >= 0.6 is 0 Å². The number of carboxylic acids is 1. The van der Waals surface area contributed by atoms with Gasteiger partial charge in [-0.15, -0.1) is 0 Å². The Morgan fingerprint density at radius 2 is 1.97 bits per heavy atom. The Hall–Kier alpha value is -1.44. The van der Waals surface area contributed by atoms with Crippen molar-refractivity contribution in [3.63, 3.8) is 0 Å². The molecule has 5 nitrogen and oxygen atoms in total. The van der Waals surface area contributed by atoms with Crippen molar-refractivity contribution in [3.8, 4) is 5.75 Å². The van der Waals surface area contributed by atoms with Crippen LogP contribution in [0, 0.1) is 0 Å². The Labute approximate surface area is 220 Å². The van der Waals surface area contributed by atoms with Crippen LogP contribution in [0.25, 0.3) is 6.08 Å². The average Bonchev–Trinajstić information content (AvgIpc) is 3.16. The molecule has 0 unspecified atom stereocenters. The number of rotatable bonds is 9. The minimum Gasteiger partial charge on any atom is -0.550 e.